The molecule has 0 aromatic heterocycles. The maximum atomic E-state index is 12.2. The van der Waals surface area contributed by atoms with Gasteiger partial charge in [-0.2, -0.15) is 0 Å². The van der Waals surface area contributed by atoms with Gasteiger partial charge in [-0.3, -0.25) is 0 Å². The molecule has 26 heavy (non-hydrogen) atoms. The molecule has 0 saturated carbocycles. The van der Waals surface area contributed by atoms with Crippen molar-refractivity contribution in [2.75, 3.05) is 26.2 Å². The molecule has 0 N–H and O–H groups in total. The van der Waals surface area contributed by atoms with Crippen molar-refractivity contribution in [3.05, 3.63) is 65.7 Å². The Morgan fingerprint density at radius 3 is 2.65 bits per heavy atom. The summed E-state index contributed by atoms with van der Waals surface area (Å²) < 4.78 is 6.80. The zero-order chi connectivity index (χ0) is 17.9. The number of carbonyl (C=O) groups is 1. The number of rotatable bonds is 2. The van der Waals surface area contributed by atoms with Crippen molar-refractivity contribution in [1.29, 1.82) is 0 Å². The fourth-order valence-electron chi connectivity index (χ4n) is 4.04. The first kappa shape index (κ1) is 17.6. The normalized spacial score (nSPS) is 23.8. The van der Waals surface area contributed by atoms with Crippen molar-refractivity contribution in [3.63, 3.8) is 0 Å². The van der Waals surface area contributed by atoms with Gasteiger partial charge in [-0.1, -0.05) is 0 Å². The summed E-state index contributed by atoms with van der Waals surface area (Å²) in [5, 5.41) is 0. The van der Waals surface area contributed by atoms with E-state index >= 15 is 0 Å². The molecule has 3 unspecified atom stereocenters. The molecule has 0 spiro atoms. The number of benzene rings is 2. The summed E-state index contributed by atoms with van der Waals surface area (Å²) in [4.78, 5) is 17.3. The Labute approximate surface area is 161 Å². The molecule has 2 aromatic carbocycles. The number of carbonyl (C=O) groups excluding carboxylic acids is 1. The van der Waals surface area contributed by atoms with Gasteiger partial charge in [0, 0.05) is 0 Å². The van der Waals surface area contributed by atoms with Crippen molar-refractivity contribution in [1.82, 2.24) is 9.80 Å². The molecule has 1 saturated heterocycles. The Balaban J connectivity index is 1.67. The Kier molecular flexibility index (Phi) is 5.33. The molecule has 4 rings (SSSR count). The quantitative estimate of drug-likeness (QED) is 0.710. The molecule has 0 bridgehead atoms. The van der Waals surface area contributed by atoms with Gasteiger partial charge in [0.2, 0.25) is 0 Å². The SMILES string of the molecule is CCOC(=O)N1CCC2[AsH]c3ccccc3C(c3ccccc3)N2CC1. The second kappa shape index (κ2) is 7.85. The first-order valence-electron chi connectivity index (χ1n) is 9.36. The summed E-state index contributed by atoms with van der Waals surface area (Å²) in [6, 6.07) is 20.0. The second-order valence-electron chi connectivity index (χ2n) is 6.77. The monoisotopic (exact) mass is 412 g/mol. The predicted octanol–water partition coefficient (Wildman–Crippen LogP) is 2.34. The zero-order valence-corrected chi connectivity index (χ0v) is 17.2. The van der Waals surface area contributed by atoms with Crippen LogP contribution in [0, 0.1) is 0 Å². The molecule has 2 heterocycles. The maximum absolute atomic E-state index is 12.2. The standard InChI is InChI=1S/C21H25AsN2O2/c1-2-26-21(25)23-13-12-19-22-18-11-7-6-10-17(18)20(24(19)15-14-23)16-8-4-3-5-9-16/h3-11,19-20,22H,2,12-15H2,1H3. The first-order chi connectivity index (χ1) is 12.8. The Morgan fingerprint density at radius 1 is 1.08 bits per heavy atom. The summed E-state index contributed by atoms with van der Waals surface area (Å²) in [6.07, 6.45) is 0.873. The number of nitrogens with zero attached hydrogens (tertiary/aromatic N) is 2. The fraction of sp³-hybridized carbons (Fsp3) is 0.381. The van der Waals surface area contributed by atoms with Crippen molar-refractivity contribution in [2.24, 2.45) is 0 Å². The van der Waals surface area contributed by atoms with E-state index in [0.29, 0.717) is 11.4 Å². The van der Waals surface area contributed by atoms with E-state index in [4.69, 9.17) is 4.74 Å². The van der Waals surface area contributed by atoms with Crippen LogP contribution in [0.25, 0.3) is 0 Å². The summed E-state index contributed by atoms with van der Waals surface area (Å²) in [5.74, 6) is 0. The van der Waals surface area contributed by atoms with Gasteiger partial charge in [0.15, 0.2) is 0 Å². The minimum atomic E-state index is -0.261. The Hall–Kier alpha value is -1.77. The van der Waals surface area contributed by atoms with Gasteiger partial charge in [-0.15, -0.1) is 0 Å². The van der Waals surface area contributed by atoms with Crippen molar-refractivity contribution in [2.45, 2.75) is 24.2 Å². The van der Waals surface area contributed by atoms with Crippen molar-refractivity contribution < 1.29 is 9.53 Å². The van der Waals surface area contributed by atoms with E-state index in [1.54, 1.807) is 4.35 Å². The van der Waals surface area contributed by atoms with E-state index in [2.05, 4.69) is 59.5 Å². The van der Waals surface area contributed by atoms with Gasteiger partial charge in [-0.25, -0.2) is 0 Å². The molecule has 3 atom stereocenters. The van der Waals surface area contributed by atoms with Gasteiger partial charge in [0.25, 0.3) is 0 Å². The summed E-state index contributed by atoms with van der Waals surface area (Å²) in [6.45, 7) is 4.75. The van der Waals surface area contributed by atoms with Crippen LogP contribution in [0.4, 0.5) is 4.79 Å². The van der Waals surface area contributed by atoms with Crippen molar-refractivity contribution >= 4 is 26.2 Å². The summed E-state index contributed by atoms with van der Waals surface area (Å²) in [7, 11) is 0. The van der Waals surface area contributed by atoms with Gasteiger partial charge >= 0.3 is 162 Å². The third-order valence-corrected chi connectivity index (χ3v) is 8.86. The molecule has 2 aromatic rings. The second-order valence-corrected chi connectivity index (χ2v) is 9.91. The van der Waals surface area contributed by atoms with Crippen LogP contribution >= 0.6 is 0 Å². The van der Waals surface area contributed by atoms with E-state index in [9.17, 15) is 4.79 Å². The molecule has 5 heteroatoms. The molecule has 2 aliphatic heterocycles. The van der Waals surface area contributed by atoms with E-state index in [-0.39, 0.29) is 27.9 Å². The topological polar surface area (TPSA) is 32.8 Å². The van der Waals surface area contributed by atoms with Crippen molar-refractivity contribution in [3.8, 4) is 0 Å². The molecule has 2 aliphatic rings. The van der Waals surface area contributed by atoms with Crippen LogP contribution in [0.3, 0.4) is 0 Å². The predicted molar refractivity (Wildman–Crippen MR) is 105 cm³/mol. The summed E-state index contributed by atoms with van der Waals surface area (Å²) in [5.41, 5.74) is 2.81. The molecule has 4 nitrogen and oxygen atoms in total. The van der Waals surface area contributed by atoms with Crippen LogP contribution < -0.4 is 4.35 Å². The molecule has 0 radical (unpaired) electrons. The number of amides is 1. The van der Waals surface area contributed by atoms with Crippen LogP contribution in [0.1, 0.15) is 30.5 Å². The third kappa shape index (κ3) is 3.41. The van der Waals surface area contributed by atoms with Crippen LogP contribution in [0.5, 0.6) is 0 Å². The Bertz CT molecular complexity index is 768. The van der Waals surface area contributed by atoms with Crippen LogP contribution in [0.15, 0.2) is 54.6 Å². The van der Waals surface area contributed by atoms with E-state index in [0.717, 1.165) is 26.1 Å². The van der Waals surface area contributed by atoms with Crippen LogP contribution in [0.2, 0.25) is 0 Å². The van der Waals surface area contributed by atoms with E-state index in [1.165, 1.54) is 11.1 Å². The first-order valence-corrected chi connectivity index (χ1v) is 11.6. The third-order valence-electron chi connectivity index (χ3n) is 5.25. The molecule has 0 aliphatic carbocycles. The Morgan fingerprint density at radius 2 is 1.85 bits per heavy atom. The summed E-state index contributed by atoms with van der Waals surface area (Å²) >= 11 is -0.261. The molecule has 1 fully saturated rings. The number of hydrogen-bond acceptors (Lipinski definition) is 3. The van der Waals surface area contributed by atoms with Gasteiger partial charge in [0.1, 0.15) is 0 Å². The minimum absolute atomic E-state index is 0.166. The fourth-order valence-corrected chi connectivity index (χ4v) is 7.51. The van der Waals surface area contributed by atoms with Gasteiger partial charge in [0.05, 0.1) is 0 Å². The zero-order valence-electron chi connectivity index (χ0n) is 15.1. The number of fused-ring (bicyclic) bond motifs is 2. The molecular weight excluding hydrogens is 387 g/mol. The van der Waals surface area contributed by atoms with Crippen LogP contribution in [-0.2, 0) is 4.74 Å². The average Bonchev–Trinajstić information content (AvgIpc) is 2.89. The molecule has 136 valence electrons. The van der Waals surface area contributed by atoms with Crippen LogP contribution in [-0.4, -0.2) is 62.7 Å². The van der Waals surface area contributed by atoms with Gasteiger partial charge < -0.3 is 0 Å². The van der Waals surface area contributed by atoms with E-state index < -0.39 is 0 Å². The van der Waals surface area contributed by atoms with Gasteiger partial charge in [-0.05, 0) is 0 Å². The number of hydrogen-bond donors (Lipinski definition) is 0. The number of ether oxygens (including phenoxy) is 1. The van der Waals surface area contributed by atoms with E-state index in [1.807, 2.05) is 11.8 Å². The molecular formula is C21H25AsN2O2. The average molecular weight is 412 g/mol. The molecule has 1 amide bonds.